The fourth-order valence-corrected chi connectivity index (χ4v) is 3.43. The van der Waals surface area contributed by atoms with Crippen LogP contribution in [0.1, 0.15) is 29.6 Å². The lowest BCUT2D eigenvalue weighted by atomic mass is 10.0. The molecule has 1 fully saturated rings. The van der Waals surface area contributed by atoms with E-state index in [0.717, 1.165) is 30.4 Å². The predicted octanol–water partition coefficient (Wildman–Crippen LogP) is 4.40. The topological polar surface area (TPSA) is 55.6 Å². The maximum absolute atomic E-state index is 13.0. The van der Waals surface area contributed by atoms with E-state index in [1.54, 1.807) is 6.07 Å². The number of ether oxygens (including phenoxy) is 1. The number of carbonyl (C=O) groups is 1. The van der Waals surface area contributed by atoms with Crippen LogP contribution in [0.15, 0.2) is 48.5 Å². The van der Waals surface area contributed by atoms with Gasteiger partial charge in [-0.25, -0.2) is 0 Å². The van der Waals surface area contributed by atoms with Crippen molar-refractivity contribution in [1.29, 1.82) is 0 Å². The Kier molecular flexibility index (Phi) is 8.58. The number of hydrogen-bond donors (Lipinski definition) is 1. The van der Waals surface area contributed by atoms with Crippen LogP contribution in [0, 0.1) is 0 Å². The van der Waals surface area contributed by atoms with Crippen LogP contribution < -0.4 is 5.73 Å². The number of hydrogen-bond acceptors (Lipinski definition) is 3. The smallest absolute Gasteiger partial charge is 0.255 e. The molecule has 0 aliphatic carbocycles. The molecule has 0 spiro atoms. The monoisotopic (exact) mass is 408 g/mol. The molecule has 4 nitrogen and oxygen atoms in total. The molecule has 1 amide bonds. The molecule has 146 valence electrons. The van der Waals surface area contributed by atoms with Crippen molar-refractivity contribution in [2.75, 3.05) is 26.2 Å². The molecule has 1 aliphatic rings. The Morgan fingerprint density at radius 1 is 1.11 bits per heavy atom. The second-order valence-electron chi connectivity index (χ2n) is 6.57. The molecule has 1 heterocycles. The zero-order valence-corrected chi connectivity index (χ0v) is 16.8. The molecule has 2 aromatic carbocycles. The van der Waals surface area contributed by atoms with Gasteiger partial charge in [-0.3, -0.25) is 4.79 Å². The number of benzene rings is 2. The third kappa shape index (κ3) is 5.69. The van der Waals surface area contributed by atoms with Crippen LogP contribution in [0.5, 0.6) is 0 Å². The number of nitrogens with zero attached hydrogens (tertiary/aromatic N) is 1. The molecular weight excluding hydrogens is 383 g/mol. The molecule has 1 aliphatic heterocycles. The summed E-state index contributed by atoms with van der Waals surface area (Å²) in [6.45, 7) is 2.73. The number of carbonyl (C=O) groups excluding carboxylic acids is 1. The molecule has 0 radical (unpaired) electrons. The van der Waals surface area contributed by atoms with Crippen LogP contribution in [0.25, 0.3) is 11.1 Å². The van der Waals surface area contributed by atoms with E-state index in [2.05, 4.69) is 0 Å². The molecule has 0 unspecified atom stereocenters. The summed E-state index contributed by atoms with van der Waals surface area (Å²) in [5.74, 6) is -0.00631. The number of rotatable bonds is 6. The molecule has 6 heteroatoms. The first-order valence-electron chi connectivity index (χ1n) is 9.15. The van der Waals surface area contributed by atoms with Crippen LogP contribution >= 0.6 is 24.0 Å². The zero-order chi connectivity index (χ0) is 18.4. The van der Waals surface area contributed by atoms with Crippen LogP contribution in [0.4, 0.5) is 0 Å². The van der Waals surface area contributed by atoms with E-state index in [4.69, 9.17) is 22.1 Å². The minimum Gasteiger partial charge on any atom is -0.378 e. The average Bonchev–Trinajstić information content (AvgIpc) is 2.69. The number of piperidine rings is 1. The largest absolute Gasteiger partial charge is 0.378 e. The van der Waals surface area contributed by atoms with E-state index in [1.807, 2.05) is 47.4 Å². The summed E-state index contributed by atoms with van der Waals surface area (Å²) in [5, 5.41) is 0.496. The highest BCUT2D eigenvalue weighted by Crippen LogP contribution is 2.27. The Morgan fingerprint density at radius 2 is 1.81 bits per heavy atom. The van der Waals surface area contributed by atoms with Gasteiger partial charge in [0.2, 0.25) is 0 Å². The van der Waals surface area contributed by atoms with Gasteiger partial charge in [-0.2, -0.15) is 0 Å². The quantitative estimate of drug-likeness (QED) is 0.720. The molecule has 0 saturated carbocycles. The van der Waals surface area contributed by atoms with E-state index in [9.17, 15) is 4.79 Å². The molecule has 0 bridgehead atoms. The van der Waals surface area contributed by atoms with Gasteiger partial charge in [-0.1, -0.05) is 48.0 Å². The third-order valence-corrected chi connectivity index (χ3v) is 5.06. The number of halogens is 2. The molecule has 2 N–H and O–H groups in total. The SMILES string of the molecule is Cl.NCCCOC1CCN(C(=O)c2cc(-c3ccccc3)ccc2Cl)CC1. The molecule has 0 atom stereocenters. The molecular formula is C21H26Cl2N2O2. The highest BCUT2D eigenvalue weighted by atomic mass is 35.5. The minimum absolute atomic E-state index is 0. The van der Waals surface area contributed by atoms with Crippen molar-refractivity contribution in [1.82, 2.24) is 4.90 Å². The van der Waals surface area contributed by atoms with E-state index in [-0.39, 0.29) is 24.4 Å². The first-order valence-corrected chi connectivity index (χ1v) is 9.52. The second kappa shape index (κ2) is 10.7. The Hall–Kier alpha value is -1.59. The molecule has 2 aromatic rings. The summed E-state index contributed by atoms with van der Waals surface area (Å²) < 4.78 is 5.81. The van der Waals surface area contributed by atoms with Crippen molar-refractivity contribution in [2.45, 2.75) is 25.4 Å². The van der Waals surface area contributed by atoms with Crippen LogP contribution in [-0.4, -0.2) is 43.2 Å². The van der Waals surface area contributed by atoms with Gasteiger partial charge >= 0.3 is 0 Å². The lowest BCUT2D eigenvalue weighted by Gasteiger charge is -2.32. The van der Waals surface area contributed by atoms with Gasteiger partial charge in [-0.05, 0) is 49.1 Å². The van der Waals surface area contributed by atoms with Crippen LogP contribution in [0.3, 0.4) is 0 Å². The summed E-state index contributed by atoms with van der Waals surface area (Å²) >= 11 is 6.33. The standard InChI is InChI=1S/C21H25ClN2O2.ClH/c22-20-8-7-17(16-5-2-1-3-6-16)15-19(20)21(25)24-12-9-18(10-13-24)26-14-4-11-23;/h1-3,5-8,15,18H,4,9-14,23H2;1H. The van der Waals surface area contributed by atoms with E-state index >= 15 is 0 Å². The van der Waals surface area contributed by atoms with Crippen LogP contribution in [-0.2, 0) is 4.74 Å². The summed E-state index contributed by atoms with van der Waals surface area (Å²) in [5.41, 5.74) is 8.13. The molecule has 0 aromatic heterocycles. The maximum Gasteiger partial charge on any atom is 0.255 e. The summed E-state index contributed by atoms with van der Waals surface area (Å²) in [4.78, 5) is 14.8. The maximum atomic E-state index is 13.0. The van der Waals surface area contributed by atoms with Crippen molar-refractivity contribution in [2.24, 2.45) is 5.73 Å². The summed E-state index contributed by atoms with van der Waals surface area (Å²) in [6.07, 6.45) is 2.80. The number of likely N-dealkylation sites (tertiary alicyclic amines) is 1. The van der Waals surface area contributed by atoms with Crippen molar-refractivity contribution in [3.63, 3.8) is 0 Å². The van der Waals surface area contributed by atoms with Gasteiger partial charge in [-0.15, -0.1) is 12.4 Å². The van der Waals surface area contributed by atoms with E-state index < -0.39 is 0 Å². The second-order valence-corrected chi connectivity index (χ2v) is 6.97. The molecule has 1 saturated heterocycles. The zero-order valence-electron chi connectivity index (χ0n) is 15.3. The van der Waals surface area contributed by atoms with Crippen molar-refractivity contribution in [3.05, 3.63) is 59.1 Å². The van der Waals surface area contributed by atoms with Gasteiger partial charge in [0.15, 0.2) is 0 Å². The Labute approximate surface area is 172 Å². The Bertz CT molecular complexity index is 732. The molecule has 27 heavy (non-hydrogen) atoms. The average molecular weight is 409 g/mol. The van der Waals surface area contributed by atoms with Gasteiger partial charge in [0.1, 0.15) is 0 Å². The fraction of sp³-hybridized carbons (Fsp3) is 0.381. The number of amides is 1. The first-order chi connectivity index (χ1) is 12.7. The third-order valence-electron chi connectivity index (χ3n) is 4.74. The van der Waals surface area contributed by atoms with Gasteiger partial charge in [0.05, 0.1) is 16.7 Å². The van der Waals surface area contributed by atoms with Crippen molar-refractivity contribution in [3.8, 4) is 11.1 Å². The van der Waals surface area contributed by atoms with Gasteiger partial charge in [0.25, 0.3) is 5.91 Å². The predicted molar refractivity (Wildman–Crippen MR) is 113 cm³/mol. The summed E-state index contributed by atoms with van der Waals surface area (Å²) in [6, 6.07) is 15.7. The van der Waals surface area contributed by atoms with Crippen LogP contribution in [0.2, 0.25) is 5.02 Å². The minimum atomic E-state index is -0.00631. The summed E-state index contributed by atoms with van der Waals surface area (Å²) in [7, 11) is 0. The highest BCUT2D eigenvalue weighted by Gasteiger charge is 2.25. The fourth-order valence-electron chi connectivity index (χ4n) is 3.23. The molecule has 3 rings (SSSR count). The first kappa shape index (κ1) is 21.7. The highest BCUT2D eigenvalue weighted by molar-refractivity contribution is 6.34. The van der Waals surface area contributed by atoms with Crippen molar-refractivity contribution < 1.29 is 9.53 Å². The Balaban J connectivity index is 0.00000261. The lowest BCUT2D eigenvalue weighted by molar-refractivity contribution is 0.00845. The van der Waals surface area contributed by atoms with E-state index in [0.29, 0.717) is 36.8 Å². The Morgan fingerprint density at radius 3 is 2.48 bits per heavy atom. The lowest BCUT2D eigenvalue weighted by Crippen LogP contribution is -2.41. The number of nitrogens with two attached hydrogens (primary N) is 1. The normalized spacial score (nSPS) is 14.7. The van der Waals surface area contributed by atoms with Crippen molar-refractivity contribution >= 4 is 29.9 Å². The van der Waals surface area contributed by atoms with Gasteiger partial charge in [0, 0.05) is 19.7 Å². The van der Waals surface area contributed by atoms with E-state index in [1.165, 1.54) is 0 Å². The van der Waals surface area contributed by atoms with Gasteiger partial charge < -0.3 is 15.4 Å².